The Kier molecular flexibility index (Phi) is 26.0. The van der Waals surface area contributed by atoms with E-state index < -0.39 is 0 Å². The minimum absolute atomic E-state index is 0.340. The van der Waals surface area contributed by atoms with Crippen LogP contribution in [0.2, 0.25) is 0 Å². The van der Waals surface area contributed by atoms with Crippen molar-refractivity contribution in [3.05, 3.63) is 358 Å². The summed E-state index contributed by atoms with van der Waals surface area (Å²) in [6.45, 7) is 39.2. The number of benzene rings is 9. The first-order valence-corrected chi connectivity index (χ1v) is 49.8. The van der Waals surface area contributed by atoms with Gasteiger partial charge in [-0.05, 0) is 234 Å². The summed E-state index contributed by atoms with van der Waals surface area (Å²) >= 11 is 0. The Morgan fingerprint density at radius 3 is 1.01 bits per heavy atom. The molecule has 22 rings (SSSR count). The second-order valence-corrected chi connectivity index (χ2v) is 40.6. The topological polar surface area (TPSA) is 120 Å². The first kappa shape index (κ1) is 93.4. The SMILES string of the molecule is Cc1ccc2c(oc3nc(C(C)C)ccc32)c1-c1c(-c2ccc(C3CCCC3)cc2)cc(-c2cccc(C(C)C)c2)c[n+]1C.Cc1ccc2c(oc3nc(C(C)C)ccc32)c1-c1cc(-c2cccc(C(C)C)c2)cc[n+]1C.Cc1cccc(-c2cc[n+](C)c(-c3c(C)ccc4c3oc3nc(C(C)C)ccc34)c2)c1.Cc1cccc(-c2ccc[n+](C)c2-c2c(C)ccc3c2oc2nc(C(C)C)ccc23)c1. The zero-order valence-electron chi connectivity index (χ0n) is 84.7. The van der Waals surface area contributed by atoms with Crippen molar-refractivity contribution in [1.82, 2.24) is 19.9 Å². The van der Waals surface area contributed by atoms with Gasteiger partial charge in [-0.2, -0.15) is 4.57 Å². The summed E-state index contributed by atoms with van der Waals surface area (Å²) in [5.74, 6) is 3.09. The summed E-state index contributed by atoms with van der Waals surface area (Å²) < 4.78 is 34.8. The first-order chi connectivity index (χ1) is 67.0. The van der Waals surface area contributed by atoms with Crippen LogP contribution in [0.3, 0.4) is 0 Å². The van der Waals surface area contributed by atoms with Crippen LogP contribution in [0.15, 0.2) is 303 Å². The van der Waals surface area contributed by atoms with E-state index in [0.717, 1.165) is 133 Å². The minimum atomic E-state index is 0.340. The fourth-order valence-electron chi connectivity index (χ4n) is 20.4. The Hall–Kier alpha value is -14.6. The van der Waals surface area contributed by atoms with Crippen LogP contribution in [0.4, 0.5) is 0 Å². The zero-order valence-corrected chi connectivity index (χ0v) is 84.7. The van der Waals surface area contributed by atoms with Crippen molar-refractivity contribution in [3.8, 4) is 101 Å². The Bertz CT molecular complexity index is 8290. The van der Waals surface area contributed by atoms with Crippen LogP contribution in [0.1, 0.15) is 223 Å². The van der Waals surface area contributed by atoms with Crippen LogP contribution < -0.4 is 18.3 Å². The number of rotatable bonds is 16. The van der Waals surface area contributed by atoms with E-state index in [4.69, 9.17) is 37.6 Å². The number of hydrogen-bond donors (Lipinski definition) is 0. The molecule has 0 N–H and O–H groups in total. The molecule has 0 unspecified atom stereocenters. The van der Waals surface area contributed by atoms with Gasteiger partial charge >= 0.3 is 0 Å². The van der Waals surface area contributed by atoms with Crippen LogP contribution >= 0.6 is 0 Å². The third-order valence-corrected chi connectivity index (χ3v) is 28.5. The first-order valence-electron chi connectivity index (χ1n) is 49.8. The lowest BCUT2D eigenvalue weighted by Gasteiger charge is -2.15. The molecule has 12 heteroatoms. The Morgan fingerprint density at radius 1 is 0.266 bits per heavy atom. The average molecular weight is 1830 g/mol. The molecule has 1 fully saturated rings. The number of hydrogen-bond acceptors (Lipinski definition) is 8. The van der Waals surface area contributed by atoms with Gasteiger partial charge in [0.2, 0.25) is 45.6 Å². The predicted octanol–water partition coefficient (Wildman–Crippen LogP) is 32.5. The Balaban J connectivity index is 0.000000120. The van der Waals surface area contributed by atoms with Gasteiger partial charge < -0.3 is 17.7 Å². The smallest absolute Gasteiger partial charge is 0.227 e. The van der Waals surface area contributed by atoms with Crippen molar-refractivity contribution in [2.24, 2.45) is 28.2 Å². The lowest BCUT2D eigenvalue weighted by molar-refractivity contribution is -0.660. The summed E-state index contributed by atoms with van der Waals surface area (Å²) in [6, 6.07) is 94.7. The molecule has 0 atom stereocenters. The fourth-order valence-corrected chi connectivity index (χ4v) is 20.4. The van der Waals surface area contributed by atoms with Gasteiger partial charge in [-0.3, -0.25) is 0 Å². The van der Waals surface area contributed by atoms with Crippen molar-refractivity contribution in [2.75, 3.05) is 0 Å². The molecule has 9 aromatic carbocycles. The quantitative estimate of drug-likeness (QED) is 0.0878. The molecule has 1 aliphatic carbocycles. The monoisotopic (exact) mass is 1830 g/mol. The van der Waals surface area contributed by atoms with Gasteiger partial charge in [-0.1, -0.05) is 277 Å². The van der Waals surface area contributed by atoms with E-state index in [0.29, 0.717) is 64.3 Å². The number of furan rings is 4. The van der Waals surface area contributed by atoms with Gasteiger partial charge in [0.25, 0.3) is 0 Å². The number of pyridine rings is 8. The molecule has 0 spiro atoms. The molecule has 0 amide bonds. The molecule has 12 aromatic heterocycles. The van der Waals surface area contributed by atoms with Crippen molar-refractivity contribution in [2.45, 2.75) is 192 Å². The second kappa shape index (κ2) is 38.7. The zero-order chi connectivity index (χ0) is 97.2. The van der Waals surface area contributed by atoms with E-state index in [1.165, 1.54) is 131 Å². The van der Waals surface area contributed by atoms with Crippen LogP contribution in [0.25, 0.3) is 189 Å². The molecule has 12 heterocycles. The van der Waals surface area contributed by atoms with Gasteiger partial charge in [0.05, 0.1) is 33.4 Å². The van der Waals surface area contributed by atoms with Gasteiger partial charge in [-0.15, -0.1) is 0 Å². The summed E-state index contributed by atoms with van der Waals surface area (Å²) in [7, 11) is 8.47. The standard InChI is InChI=1S/C41H43N2O.C30H31N2O.2C28H27N2O/c1-25(2)31-12-9-13-32(22-31)33-23-36(30-17-15-29(16-18-30)28-10-7-8-11-28)39(43(6)24-33)38-27(5)14-19-34-35-20-21-37(26(3)4)42-41(35)44-40(34)38;1-18(2)21-8-7-9-22(16-21)23-14-15-32(6)27(17-23)28-20(5)10-11-24-25-12-13-26(19(3)4)31-30(25)33-29(24)28;1-17(2)24-14-13-23-22-12-11-19(4)25(27(22)31-28(23)29-24)26-21(10-7-15-30(26)5)20-9-6-8-18(3)16-20;1-17(2)24-12-11-23-22-10-9-19(4)26(27(22)31-28(23)29-24)25-16-21(13-14-30(25)5)20-8-6-7-18(3)15-20/h9,12-26,28H,7-8,10-11H2,1-6H3;7-19H,1-6H3;2*6-17H,1-5H3/q4*+1. The molecular weight excluding hydrogens is 1700 g/mol. The van der Waals surface area contributed by atoms with Gasteiger partial charge in [0.1, 0.15) is 28.2 Å². The fraction of sp³-hybridized carbons (Fsp3) is 0.260. The van der Waals surface area contributed by atoms with E-state index in [1.807, 2.05) is 0 Å². The maximum atomic E-state index is 6.67. The van der Waals surface area contributed by atoms with Crippen LogP contribution in [-0.2, 0) is 28.2 Å². The molecular formula is C127H128N8O4+4. The summed E-state index contributed by atoms with van der Waals surface area (Å²) in [4.78, 5) is 19.4. The Morgan fingerprint density at radius 2 is 0.612 bits per heavy atom. The maximum Gasteiger partial charge on any atom is 0.227 e. The molecule has 12 nitrogen and oxygen atoms in total. The van der Waals surface area contributed by atoms with Gasteiger partial charge in [-0.25, -0.2) is 33.6 Å². The van der Waals surface area contributed by atoms with Crippen molar-refractivity contribution in [1.29, 1.82) is 0 Å². The number of nitrogens with zero attached hydrogens (tertiary/aromatic N) is 8. The highest BCUT2D eigenvalue weighted by Gasteiger charge is 2.32. The highest BCUT2D eigenvalue weighted by molar-refractivity contribution is 6.13. The number of fused-ring (bicyclic) bond motifs is 12. The van der Waals surface area contributed by atoms with E-state index in [2.05, 4.69) is 457 Å². The molecule has 0 bridgehead atoms. The highest BCUT2D eigenvalue weighted by Crippen LogP contribution is 2.47. The third-order valence-electron chi connectivity index (χ3n) is 28.5. The summed E-state index contributed by atoms with van der Waals surface area (Å²) in [5, 5.41) is 8.71. The van der Waals surface area contributed by atoms with Crippen molar-refractivity contribution < 1.29 is 35.9 Å². The maximum absolute atomic E-state index is 6.67. The van der Waals surface area contributed by atoms with E-state index >= 15 is 0 Å². The molecule has 21 aromatic rings. The third kappa shape index (κ3) is 18.4. The Labute approximate surface area is 817 Å². The van der Waals surface area contributed by atoms with Crippen LogP contribution in [0.5, 0.6) is 0 Å². The van der Waals surface area contributed by atoms with E-state index in [-0.39, 0.29) is 0 Å². The van der Waals surface area contributed by atoms with Crippen molar-refractivity contribution in [3.63, 3.8) is 0 Å². The second-order valence-electron chi connectivity index (χ2n) is 40.6. The minimum Gasteiger partial charge on any atom is -0.437 e. The lowest BCUT2D eigenvalue weighted by atomic mass is 9.90. The molecule has 0 radical (unpaired) electrons. The molecule has 0 saturated heterocycles. The number of aromatic nitrogens is 8. The van der Waals surface area contributed by atoms with Crippen LogP contribution in [-0.4, -0.2) is 19.9 Å². The van der Waals surface area contributed by atoms with E-state index in [9.17, 15) is 0 Å². The van der Waals surface area contributed by atoms with Gasteiger partial charge in [0, 0.05) is 102 Å². The van der Waals surface area contributed by atoms with E-state index in [1.54, 1.807) is 0 Å². The largest absolute Gasteiger partial charge is 0.437 e. The summed E-state index contributed by atoms with van der Waals surface area (Å²) in [5.41, 5.74) is 43.4. The predicted molar refractivity (Wildman–Crippen MR) is 574 cm³/mol. The molecule has 696 valence electrons. The average Bonchev–Trinajstić information content (AvgIpc) is 1.63. The van der Waals surface area contributed by atoms with Crippen LogP contribution in [0, 0.1) is 41.5 Å². The normalized spacial score (nSPS) is 12.5. The highest BCUT2D eigenvalue weighted by atomic mass is 16.4. The lowest BCUT2D eigenvalue weighted by Crippen LogP contribution is -2.32. The summed E-state index contributed by atoms with van der Waals surface area (Å²) in [6.07, 6.45) is 14.0. The van der Waals surface area contributed by atoms with Gasteiger partial charge in [0.15, 0.2) is 47.1 Å². The van der Waals surface area contributed by atoms with Crippen molar-refractivity contribution >= 4 is 88.3 Å². The molecule has 1 saturated carbocycles. The molecule has 0 aliphatic heterocycles. The number of aryl methyl sites for hydroxylation is 10. The molecule has 139 heavy (non-hydrogen) atoms. The molecule has 1 aliphatic rings.